The van der Waals surface area contributed by atoms with Crippen LogP contribution in [0.15, 0.2) is 0 Å². The molecule has 1 aliphatic heterocycles. The second kappa shape index (κ2) is 2.48. The lowest BCUT2D eigenvalue weighted by Crippen LogP contribution is -2.40. The molecule has 0 radical (unpaired) electrons. The molecule has 0 aromatic heterocycles. The van der Waals surface area contributed by atoms with Crippen molar-refractivity contribution in [2.75, 3.05) is 0 Å². The fourth-order valence-corrected chi connectivity index (χ4v) is 2.41. The molecule has 2 heteroatoms. The maximum atomic E-state index is 9.89. The SMILES string of the molecule is CC(C)(C)C1CC(O)C2(C)OC2C1. The van der Waals surface area contributed by atoms with Crippen LogP contribution in [0, 0.1) is 11.3 Å². The normalized spacial score (nSPS) is 50.1. The van der Waals surface area contributed by atoms with Crippen molar-refractivity contribution in [3.05, 3.63) is 0 Å². The lowest BCUT2D eigenvalue weighted by Gasteiger charge is -2.36. The molecule has 4 atom stereocenters. The first-order valence-corrected chi connectivity index (χ1v) is 5.20. The van der Waals surface area contributed by atoms with E-state index in [2.05, 4.69) is 20.8 Å². The van der Waals surface area contributed by atoms with Crippen molar-refractivity contribution < 1.29 is 9.84 Å². The lowest BCUT2D eigenvalue weighted by atomic mass is 9.69. The van der Waals surface area contributed by atoms with Crippen LogP contribution in [0.5, 0.6) is 0 Å². The summed E-state index contributed by atoms with van der Waals surface area (Å²) in [6.07, 6.45) is 2.09. The van der Waals surface area contributed by atoms with E-state index < -0.39 is 0 Å². The van der Waals surface area contributed by atoms with Crippen LogP contribution in [-0.4, -0.2) is 22.9 Å². The summed E-state index contributed by atoms with van der Waals surface area (Å²) in [6.45, 7) is 8.77. The van der Waals surface area contributed by atoms with E-state index >= 15 is 0 Å². The van der Waals surface area contributed by atoms with Crippen molar-refractivity contribution >= 4 is 0 Å². The molecule has 0 aromatic carbocycles. The Labute approximate surface area is 80.3 Å². The Morgan fingerprint density at radius 3 is 2.38 bits per heavy atom. The van der Waals surface area contributed by atoms with Gasteiger partial charge in [-0.1, -0.05) is 20.8 Å². The number of aliphatic hydroxyl groups is 1. The Kier molecular flexibility index (Phi) is 1.81. The molecule has 1 aliphatic carbocycles. The molecule has 0 bridgehead atoms. The van der Waals surface area contributed by atoms with Crippen LogP contribution < -0.4 is 0 Å². The first kappa shape index (κ1) is 9.47. The second-order valence-corrected chi connectivity index (χ2v) is 5.84. The zero-order valence-electron chi connectivity index (χ0n) is 9.00. The molecule has 2 fully saturated rings. The smallest absolute Gasteiger partial charge is 0.118 e. The summed E-state index contributed by atoms with van der Waals surface area (Å²) in [5, 5.41) is 9.89. The number of aliphatic hydroxyl groups excluding tert-OH is 1. The fourth-order valence-electron chi connectivity index (χ4n) is 2.41. The van der Waals surface area contributed by atoms with Crippen LogP contribution in [0.3, 0.4) is 0 Å². The Bertz CT molecular complexity index is 219. The molecule has 0 spiro atoms. The van der Waals surface area contributed by atoms with Crippen LogP contribution >= 0.6 is 0 Å². The molecule has 1 heterocycles. The third-order valence-electron chi connectivity index (χ3n) is 3.87. The zero-order chi connectivity index (χ0) is 9.85. The van der Waals surface area contributed by atoms with Gasteiger partial charge in [0.1, 0.15) is 5.60 Å². The molecule has 0 amide bonds. The van der Waals surface area contributed by atoms with E-state index in [0.717, 1.165) is 12.8 Å². The van der Waals surface area contributed by atoms with Gasteiger partial charge in [0.05, 0.1) is 12.2 Å². The van der Waals surface area contributed by atoms with Crippen molar-refractivity contribution in [1.29, 1.82) is 0 Å². The van der Waals surface area contributed by atoms with Gasteiger partial charge in [-0.15, -0.1) is 0 Å². The number of rotatable bonds is 0. The van der Waals surface area contributed by atoms with Crippen LogP contribution in [-0.2, 0) is 4.74 Å². The Balaban J connectivity index is 2.06. The van der Waals surface area contributed by atoms with E-state index in [-0.39, 0.29) is 11.7 Å². The summed E-state index contributed by atoms with van der Waals surface area (Å²) in [6, 6.07) is 0. The molecule has 2 aliphatic rings. The Morgan fingerprint density at radius 2 is 1.92 bits per heavy atom. The van der Waals surface area contributed by atoms with Gasteiger partial charge in [0.2, 0.25) is 0 Å². The van der Waals surface area contributed by atoms with Gasteiger partial charge in [0.15, 0.2) is 0 Å². The zero-order valence-corrected chi connectivity index (χ0v) is 9.00. The van der Waals surface area contributed by atoms with E-state index in [0.29, 0.717) is 17.4 Å². The minimum atomic E-state index is -0.254. The van der Waals surface area contributed by atoms with Crippen LogP contribution in [0.2, 0.25) is 0 Å². The van der Waals surface area contributed by atoms with Crippen molar-refractivity contribution in [2.45, 2.75) is 58.3 Å². The van der Waals surface area contributed by atoms with E-state index in [1.54, 1.807) is 0 Å². The average Bonchev–Trinajstić information content (AvgIpc) is 2.60. The largest absolute Gasteiger partial charge is 0.390 e. The molecule has 1 saturated carbocycles. The molecule has 1 N–H and O–H groups in total. The summed E-state index contributed by atoms with van der Waals surface area (Å²) in [5.74, 6) is 0.600. The highest BCUT2D eigenvalue weighted by Crippen LogP contribution is 2.52. The highest BCUT2D eigenvalue weighted by atomic mass is 16.6. The van der Waals surface area contributed by atoms with Crippen molar-refractivity contribution in [2.24, 2.45) is 11.3 Å². The summed E-state index contributed by atoms with van der Waals surface area (Å²) in [5.41, 5.74) is 0.107. The van der Waals surface area contributed by atoms with E-state index in [1.807, 2.05) is 6.92 Å². The fraction of sp³-hybridized carbons (Fsp3) is 1.00. The van der Waals surface area contributed by atoms with Gasteiger partial charge in [0, 0.05) is 0 Å². The minimum absolute atomic E-state index is 0.193. The summed E-state index contributed by atoms with van der Waals surface area (Å²) >= 11 is 0. The number of epoxide rings is 1. The van der Waals surface area contributed by atoms with Gasteiger partial charge in [-0.2, -0.15) is 0 Å². The average molecular weight is 184 g/mol. The predicted octanol–water partition coefficient (Wildman–Crippen LogP) is 1.96. The molecular formula is C11H20O2. The monoisotopic (exact) mass is 184 g/mol. The molecule has 2 rings (SSSR count). The molecule has 4 unspecified atom stereocenters. The maximum absolute atomic E-state index is 9.89. The number of hydrogen-bond acceptors (Lipinski definition) is 2. The van der Waals surface area contributed by atoms with Crippen LogP contribution in [0.25, 0.3) is 0 Å². The van der Waals surface area contributed by atoms with Gasteiger partial charge < -0.3 is 9.84 Å². The number of fused-ring (bicyclic) bond motifs is 1. The summed E-state index contributed by atoms with van der Waals surface area (Å²) in [4.78, 5) is 0. The van der Waals surface area contributed by atoms with Gasteiger partial charge in [0.25, 0.3) is 0 Å². The van der Waals surface area contributed by atoms with Crippen LogP contribution in [0.1, 0.15) is 40.5 Å². The lowest BCUT2D eigenvalue weighted by molar-refractivity contribution is 0.0351. The second-order valence-electron chi connectivity index (χ2n) is 5.84. The van der Waals surface area contributed by atoms with Gasteiger partial charge in [-0.05, 0) is 31.1 Å². The van der Waals surface area contributed by atoms with E-state index in [9.17, 15) is 5.11 Å². The van der Waals surface area contributed by atoms with Gasteiger partial charge in [-0.3, -0.25) is 0 Å². The van der Waals surface area contributed by atoms with Crippen molar-refractivity contribution in [3.63, 3.8) is 0 Å². The first-order chi connectivity index (χ1) is 5.84. The van der Waals surface area contributed by atoms with E-state index in [4.69, 9.17) is 4.74 Å². The van der Waals surface area contributed by atoms with Gasteiger partial charge in [-0.25, -0.2) is 0 Å². The molecule has 13 heavy (non-hydrogen) atoms. The standard InChI is InChI=1S/C11H20O2/c1-10(2,3)7-5-8(12)11(4)9(6-7)13-11/h7-9,12H,5-6H2,1-4H3. The molecule has 2 nitrogen and oxygen atoms in total. The quantitative estimate of drug-likeness (QED) is 0.584. The first-order valence-electron chi connectivity index (χ1n) is 5.20. The third-order valence-corrected chi connectivity index (χ3v) is 3.87. The number of ether oxygens (including phenoxy) is 1. The highest BCUT2D eigenvalue weighted by molar-refractivity contribution is 5.10. The highest BCUT2D eigenvalue weighted by Gasteiger charge is 2.61. The Hall–Kier alpha value is -0.0800. The number of hydrogen-bond donors (Lipinski definition) is 1. The molecular weight excluding hydrogens is 164 g/mol. The van der Waals surface area contributed by atoms with Gasteiger partial charge >= 0.3 is 0 Å². The maximum Gasteiger partial charge on any atom is 0.118 e. The Morgan fingerprint density at radius 1 is 1.31 bits per heavy atom. The van der Waals surface area contributed by atoms with Crippen molar-refractivity contribution in [1.82, 2.24) is 0 Å². The van der Waals surface area contributed by atoms with Crippen LogP contribution in [0.4, 0.5) is 0 Å². The molecule has 0 aromatic rings. The topological polar surface area (TPSA) is 32.8 Å². The minimum Gasteiger partial charge on any atom is -0.390 e. The summed E-state index contributed by atoms with van der Waals surface area (Å²) < 4.78 is 5.55. The van der Waals surface area contributed by atoms with E-state index in [1.165, 1.54) is 0 Å². The molecule has 1 saturated heterocycles. The third kappa shape index (κ3) is 1.40. The predicted molar refractivity (Wildman–Crippen MR) is 51.5 cm³/mol. The summed E-state index contributed by atoms with van der Waals surface area (Å²) in [7, 11) is 0. The van der Waals surface area contributed by atoms with Crippen molar-refractivity contribution in [3.8, 4) is 0 Å². The molecule has 76 valence electrons.